The molecule has 0 aliphatic heterocycles. The molecule has 92 valence electrons. The Balaban J connectivity index is 2.24. The Hall–Kier alpha value is -1.06. The van der Waals surface area contributed by atoms with Crippen LogP contribution in [0.4, 0.5) is 0 Å². The van der Waals surface area contributed by atoms with Crippen molar-refractivity contribution in [3.8, 4) is 0 Å². The molecule has 1 aliphatic carbocycles. The second-order valence-corrected chi connectivity index (χ2v) is 5.69. The number of hydrogen-bond donors (Lipinski definition) is 2. The first-order valence-electron chi connectivity index (χ1n) is 5.79. The highest BCUT2D eigenvalue weighted by atomic mass is 16.4. The fraction of sp³-hybridized carbons (Fsp3) is 0.833. The van der Waals surface area contributed by atoms with Gasteiger partial charge in [-0.25, -0.2) is 0 Å². The lowest BCUT2D eigenvalue weighted by molar-refractivity contribution is -0.139. The normalized spacial score (nSPS) is 23.9. The molecule has 0 heterocycles. The van der Waals surface area contributed by atoms with Crippen molar-refractivity contribution in [1.29, 1.82) is 0 Å². The van der Waals surface area contributed by atoms with Crippen LogP contribution in [0, 0.1) is 17.3 Å². The Morgan fingerprint density at radius 3 is 2.38 bits per heavy atom. The standard InChI is InChI=1S/C12H21NO3/c1-8-4-9(8)7-13-10(14)5-12(2,3)6-11(15)16/h8-9H,4-7H2,1-3H3,(H,13,14)(H,15,16). The Bertz CT molecular complexity index is 286. The SMILES string of the molecule is CC1CC1CNC(=O)CC(C)(C)CC(=O)O. The molecule has 0 aromatic heterocycles. The van der Waals surface area contributed by atoms with Gasteiger partial charge in [-0.15, -0.1) is 0 Å². The highest BCUT2D eigenvalue weighted by Crippen LogP contribution is 2.36. The van der Waals surface area contributed by atoms with Gasteiger partial charge in [0, 0.05) is 13.0 Å². The van der Waals surface area contributed by atoms with Crippen molar-refractivity contribution in [2.24, 2.45) is 17.3 Å². The van der Waals surface area contributed by atoms with Crippen LogP contribution in [-0.4, -0.2) is 23.5 Å². The average Bonchev–Trinajstić information content (AvgIpc) is 2.75. The molecule has 4 heteroatoms. The van der Waals surface area contributed by atoms with Crippen LogP contribution in [0.15, 0.2) is 0 Å². The molecule has 0 bridgehead atoms. The molecule has 2 unspecified atom stereocenters. The molecule has 1 amide bonds. The number of aliphatic carboxylic acids is 1. The van der Waals surface area contributed by atoms with Crippen molar-refractivity contribution >= 4 is 11.9 Å². The number of carboxylic acid groups (broad SMARTS) is 1. The fourth-order valence-corrected chi connectivity index (χ4v) is 1.90. The van der Waals surface area contributed by atoms with E-state index < -0.39 is 11.4 Å². The first-order chi connectivity index (χ1) is 7.30. The zero-order valence-electron chi connectivity index (χ0n) is 10.2. The van der Waals surface area contributed by atoms with Gasteiger partial charge in [0.2, 0.25) is 5.91 Å². The lowest BCUT2D eigenvalue weighted by Crippen LogP contribution is -2.31. The largest absolute Gasteiger partial charge is 0.481 e. The van der Waals surface area contributed by atoms with Gasteiger partial charge in [0.15, 0.2) is 0 Å². The first kappa shape index (κ1) is 13.0. The zero-order valence-corrected chi connectivity index (χ0v) is 10.2. The third kappa shape index (κ3) is 4.64. The van der Waals surface area contributed by atoms with E-state index in [0.717, 1.165) is 12.5 Å². The van der Waals surface area contributed by atoms with E-state index in [9.17, 15) is 9.59 Å². The summed E-state index contributed by atoms with van der Waals surface area (Å²) >= 11 is 0. The van der Waals surface area contributed by atoms with Crippen molar-refractivity contribution in [2.45, 2.75) is 40.0 Å². The summed E-state index contributed by atoms with van der Waals surface area (Å²) in [5.41, 5.74) is -0.467. The van der Waals surface area contributed by atoms with Crippen molar-refractivity contribution in [3.63, 3.8) is 0 Å². The van der Waals surface area contributed by atoms with Gasteiger partial charge in [-0.1, -0.05) is 20.8 Å². The van der Waals surface area contributed by atoms with Gasteiger partial charge >= 0.3 is 5.97 Å². The summed E-state index contributed by atoms with van der Waals surface area (Å²) in [6.45, 7) is 6.52. The summed E-state index contributed by atoms with van der Waals surface area (Å²) < 4.78 is 0. The predicted molar refractivity (Wildman–Crippen MR) is 60.9 cm³/mol. The molecule has 4 nitrogen and oxygen atoms in total. The number of carboxylic acids is 1. The molecule has 1 aliphatic rings. The average molecular weight is 227 g/mol. The number of rotatable bonds is 6. The summed E-state index contributed by atoms with van der Waals surface area (Å²) in [7, 11) is 0. The summed E-state index contributed by atoms with van der Waals surface area (Å²) in [6, 6.07) is 0. The molecular formula is C12H21NO3. The molecule has 0 saturated heterocycles. The monoisotopic (exact) mass is 227 g/mol. The molecule has 0 aromatic carbocycles. The second kappa shape index (κ2) is 4.85. The van der Waals surface area contributed by atoms with E-state index in [2.05, 4.69) is 12.2 Å². The maximum absolute atomic E-state index is 11.6. The zero-order chi connectivity index (χ0) is 12.3. The summed E-state index contributed by atoms with van der Waals surface area (Å²) in [4.78, 5) is 22.2. The first-order valence-corrected chi connectivity index (χ1v) is 5.79. The maximum atomic E-state index is 11.6. The number of carbonyl (C=O) groups is 2. The van der Waals surface area contributed by atoms with E-state index in [1.165, 1.54) is 6.42 Å². The lowest BCUT2D eigenvalue weighted by atomic mass is 9.85. The van der Waals surface area contributed by atoms with Crippen LogP contribution in [0.1, 0.15) is 40.0 Å². The third-order valence-electron chi connectivity index (χ3n) is 3.11. The van der Waals surface area contributed by atoms with Crippen molar-refractivity contribution < 1.29 is 14.7 Å². The van der Waals surface area contributed by atoms with Crippen LogP contribution in [-0.2, 0) is 9.59 Å². The van der Waals surface area contributed by atoms with Gasteiger partial charge in [0.05, 0.1) is 6.42 Å². The van der Waals surface area contributed by atoms with Gasteiger partial charge in [0.25, 0.3) is 0 Å². The molecule has 1 rings (SSSR count). The number of hydrogen-bond acceptors (Lipinski definition) is 2. The minimum Gasteiger partial charge on any atom is -0.481 e. The Morgan fingerprint density at radius 2 is 1.94 bits per heavy atom. The molecule has 0 radical (unpaired) electrons. The molecule has 1 saturated carbocycles. The van der Waals surface area contributed by atoms with Gasteiger partial charge < -0.3 is 10.4 Å². The minimum atomic E-state index is -0.853. The van der Waals surface area contributed by atoms with Crippen molar-refractivity contribution in [2.75, 3.05) is 6.54 Å². The fourth-order valence-electron chi connectivity index (χ4n) is 1.90. The van der Waals surface area contributed by atoms with E-state index in [1.54, 1.807) is 13.8 Å². The molecular weight excluding hydrogens is 206 g/mol. The molecule has 0 spiro atoms. The third-order valence-corrected chi connectivity index (χ3v) is 3.11. The van der Waals surface area contributed by atoms with E-state index >= 15 is 0 Å². The molecule has 2 atom stereocenters. The van der Waals surface area contributed by atoms with Crippen LogP contribution in [0.2, 0.25) is 0 Å². The van der Waals surface area contributed by atoms with Crippen molar-refractivity contribution in [3.05, 3.63) is 0 Å². The van der Waals surface area contributed by atoms with E-state index in [0.29, 0.717) is 5.92 Å². The molecule has 2 N–H and O–H groups in total. The van der Waals surface area contributed by atoms with Gasteiger partial charge in [-0.2, -0.15) is 0 Å². The highest BCUT2D eigenvalue weighted by Gasteiger charge is 2.33. The topological polar surface area (TPSA) is 66.4 Å². The second-order valence-electron chi connectivity index (χ2n) is 5.69. The molecule has 1 fully saturated rings. The maximum Gasteiger partial charge on any atom is 0.303 e. The Labute approximate surface area is 96.4 Å². The lowest BCUT2D eigenvalue weighted by Gasteiger charge is -2.21. The van der Waals surface area contributed by atoms with Crippen LogP contribution in [0.5, 0.6) is 0 Å². The molecule has 16 heavy (non-hydrogen) atoms. The van der Waals surface area contributed by atoms with Crippen LogP contribution >= 0.6 is 0 Å². The van der Waals surface area contributed by atoms with Crippen LogP contribution < -0.4 is 5.32 Å². The number of amides is 1. The summed E-state index contributed by atoms with van der Waals surface area (Å²) in [5, 5.41) is 11.6. The van der Waals surface area contributed by atoms with Crippen molar-refractivity contribution in [1.82, 2.24) is 5.32 Å². The highest BCUT2D eigenvalue weighted by molar-refractivity contribution is 5.77. The van der Waals surface area contributed by atoms with Gasteiger partial charge in [0.1, 0.15) is 0 Å². The molecule has 0 aromatic rings. The van der Waals surface area contributed by atoms with Crippen LogP contribution in [0.3, 0.4) is 0 Å². The van der Waals surface area contributed by atoms with Gasteiger partial charge in [-0.05, 0) is 23.7 Å². The minimum absolute atomic E-state index is 0.0280. The van der Waals surface area contributed by atoms with E-state index in [1.807, 2.05) is 0 Å². The predicted octanol–water partition coefficient (Wildman–Crippen LogP) is 1.65. The summed E-state index contributed by atoms with van der Waals surface area (Å²) in [5.74, 6) is 0.470. The number of carbonyl (C=O) groups excluding carboxylic acids is 1. The quantitative estimate of drug-likeness (QED) is 0.725. The Morgan fingerprint density at radius 1 is 1.38 bits per heavy atom. The number of nitrogens with one attached hydrogen (secondary N) is 1. The van der Waals surface area contributed by atoms with E-state index in [4.69, 9.17) is 5.11 Å². The van der Waals surface area contributed by atoms with E-state index in [-0.39, 0.29) is 18.7 Å². The van der Waals surface area contributed by atoms with Crippen LogP contribution in [0.25, 0.3) is 0 Å². The Kier molecular flexibility index (Phi) is 3.94. The van der Waals surface area contributed by atoms with Gasteiger partial charge in [-0.3, -0.25) is 9.59 Å². The smallest absolute Gasteiger partial charge is 0.303 e. The summed E-state index contributed by atoms with van der Waals surface area (Å²) in [6.07, 6.45) is 1.50.